The average Bonchev–Trinajstić information content (AvgIpc) is 3.48. The van der Waals surface area contributed by atoms with Gasteiger partial charge in [-0.3, -0.25) is 14.6 Å². The largest absolute Gasteiger partial charge is 0.487 e. The summed E-state index contributed by atoms with van der Waals surface area (Å²) in [5, 5.41) is 1.13. The third kappa shape index (κ3) is 4.71. The number of nitrogens with one attached hydrogen (secondary N) is 1. The number of morpholine rings is 1. The molecule has 0 spiro atoms. The number of amides is 2. The summed E-state index contributed by atoms with van der Waals surface area (Å²) >= 11 is 0. The zero-order chi connectivity index (χ0) is 22.6. The van der Waals surface area contributed by atoms with E-state index >= 15 is 0 Å². The van der Waals surface area contributed by atoms with Gasteiger partial charge in [-0.25, -0.2) is 0 Å². The topological polar surface area (TPSA) is 87.8 Å². The number of aromatic nitrogens is 2. The van der Waals surface area contributed by atoms with E-state index in [9.17, 15) is 9.59 Å². The van der Waals surface area contributed by atoms with Crippen molar-refractivity contribution in [3.05, 3.63) is 60.6 Å². The lowest BCUT2D eigenvalue weighted by Crippen LogP contribution is -2.51. The molecule has 2 unspecified atom stereocenters. The maximum Gasteiger partial charge on any atom is 0.245 e. The number of carbonyl (C=O) groups excluding carboxylic acids is 2. The smallest absolute Gasteiger partial charge is 0.245 e. The van der Waals surface area contributed by atoms with Crippen molar-refractivity contribution >= 4 is 22.7 Å². The van der Waals surface area contributed by atoms with E-state index in [0.29, 0.717) is 57.9 Å². The molecular weight excluding hydrogens is 420 g/mol. The molecule has 5 rings (SSSR count). The molecule has 2 saturated heterocycles. The highest BCUT2D eigenvalue weighted by Gasteiger charge is 2.42. The van der Waals surface area contributed by atoms with E-state index in [4.69, 9.17) is 9.47 Å². The number of aryl methyl sites for hydroxylation is 1. The first-order valence-corrected chi connectivity index (χ1v) is 11.5. The molecule has 1 aromatic carbocycles. The molecule has 2 aromatic heterocycles. The summed E-state index contributed by atoms with van der Waals surface area (Å²) < 4.78 is 11.5. The number of nitrogens with zero attached hydrogens (tertiary/aromatic N) is 3. The Hall–Kier alpha value is -3.39. The zero-order valence-corrected chi connectivity index (χ0v) is 18.5. The molecule has 0 radical (unpaired) electrons. The fourth-order valence-corrected chi connectivity index (χ4v) is 4.72. The summed E-state index contributed by atoms with van der Waals surface area (Å²) in [6, 6.07) is 11.2. The Bertz CT molecular complexity index is 1110. The predicted octanol–water partition coefficient (Wildman–Crippen LogP) is 2.40. The Morgan fingerprint density at radius 2 is 2.00 bits per heavy atom. The quantitative estimate of drug-likeness (QED) is 0.626. The molecule has 0 saturated carbocycles. The third-order valence-corrected chi connectivity index (χ3v) is 6.41. The number of benzene rings is 1. The van der Waals surface area contributed by atoms with E-state index < -0.39 is 6.04 Å². The molecule has 3 aromatic rings. The summed E-state index contributed by atoms with van der Waals surface area (Å²) in [6.45, 7) is 2.56. The van der Waals surface area contributed by atoms with Crippen LogP contribution in [0.3, 0.4) is 0 Å². The molecule has 1 N–H and O–H groups in total. The number of likely N-dealkylation sites (tertiary alicyclic amines) is 1. The first kappa shape index (κ1) is 21.5. The molecule has 2 amide bonds. The minimum absolute atomic E-state index is 0.0176. The van der Waals surface area contributed by atoms with Gasteiger partial charge < -0.3 is 24.3 Å². The van der Waals surface area contributed by atoms with Crippen molar-refractivity contribution in [2.24, 2.45) is 0 Å². The van der Waals surface area contributed by atoms with Crippen molar-refractivity contribution in [2.75, 3.05) is 32.8 Å². The number of H-pyrrole nitrogens is 1. The Morgan fingerprint density at radius 1 is 1.15 bits per heavy atom. The minimum Gasteiger partial charge on any atom is -0.487 e. The summed E-state index contributed by atoms with van der Waals surface area (Å²) in [4.78, 5) is 37.5. The van der Waals surface area contributed by atoms with Gasteiger partial charge in [-0.1, -0.05) is 18.2 Å². The van der Waals surface area contributed by atoms with Crippen molar-refractivity contribution in [3.63, 3.8) is 0 Å². The van der Waals surface area contributed by atoms with E-state index in [2.05, 4.69) is 16.0 Å². The highest BCUT2D eigenvalue weighted by molar-refractivity contribution is 5.89. The Labute approximate surface area is 192 Å². The standard InChI is InChI=1S/C25H28N4O4/c30-24(8-7-18-15-27-22-6-2-1-5-21(18)22)29-17-20(33-19-4-3-9-26-16-19)14-23(29)25(31)28-10-12-32-13-11-28/h1-6,9,15-16,20,23,27H,7-8,10-14,17H2. The molecule has 2 atom stereocenters. The number of hydrogen-bond acceptors (Lipinski definition) is 5. The SMILES string of the molecule is O=C(C1CC(Oc2cccnc2)CN1C(=O)CCc1c[nH]c2ccccc12)N1CCOCC1. The number of rotatable bonds is 6. The molecule has 2 aliphatic heterocycles. The predicted molar refractivity (Wildman–Crippen MR) is 123 cm³/mol. The minimum atomic E-state index is -0.514. The number of para-hydroxylation sites is 1. The van der Waals surface area contributed by atoms with Crippen LogP contribution in [0.15, 0.2) is 55.0 Å². The molecule has 2 fully saturated rings. The van der Waals surface area contributed by atoms with Gasteiger partial charge >= 0.3 is 0 Å². The number of carbonyl (C=O) groups is 2. The number of hydrogen-bond donors (Lipinski definition) is 1. The van der Waals surface area contributed by atoms with Gasteiger partial charge in [-0.05, 0) is 30.2 Å². The van der Waals surface area contributed by atoms with Crippen LogP contribution in [0, 0.1) is 0 Å². The summed E-state index contributed by atoms with van der Waals surface area (Å²) in [5.74, 6) is 0.605. The van der Waals surface area contributed by atoms with Crippen molar-refractivity contribution in [2.45, 2.75) is 31.4 Å². The highest BCUT2D eigenvalue weighted by Crippen LogP contribution is 2.26. The van der Waals surface area contributed by atoms with Crippen molar-refractivity contribution in [3.8, 4) is 5.75 Å². The van der Waals surface area contributed by atoms with Gasteiger partial charge in [0.25, 0.3) is 0 Å². The first-order valence-electron chi connectivity index (χ1n) is 11.5. The molecule has 4 heterocycles. The van der Waals surface area contributed by atoms with Gasteiger partial charge in [0.05, 0.1) is 26.0 Å². The first-order chi connectivity index (χ1) is 16.2. The third-order valence-electron chi connectivity index (χ3n) is 6.41. The number of aromatic amines is 1. The van der Waals surface area contributed by atoms with Gasteiger partial charge in [0.15, 0.2) is 0 Å². The summed E-state index contributed by atoms with van der Waals surface area (Å²) in [7, 11) is 0. The Morgan fingerprint density at radius 3 is 2.82 bits per heavy atom. The van der Waals surface area contributed by atoms with Crippen molar-refractivity contribution < 1.29 is 19.1 Å². The number of ether oxygens (including phenoxy) is 2. The van der Waals surface area contributed by atoms with Gasteiger partial charge in [-0.2, -0.15) is 0 Å². The van der Waals surface area contributed by atoms with Crippen LogP contribution in [0.1, 0.15) is 18.4 Å². The van der Waals surface area contributed by atoms with E-state index in [1.54, 1.807) is 22.2 Å². The summed E-state index contributed by atoms with van der Waals surface area (Å²) in [5.41, 5.74) is 2.17. The maximum atomic E-state index is 13.3. The van der Waals surface area contributed by atoms with Crippen molar-refractivity contribution in [1.29, 1.82) is 0 Å². The molecule has 8 heteroatoms. The van der Waals surface area contributed by atoms with E-state index in [1.165, 1.54) is 0 Å². The van der Waals surface area contributed by atoms with Gasteiger partial charge in [0.2, 0.25) is 11.8 Å². The van der Waals surface area contributed by atoms with E-state index in [1.807, 2.05) is 36.5 Å². The fraction of sp³-hybridized carbons (Fsp3) is 0.400. The molecule has 0 bridgehead atoms. The second-order valence-electron chi connectivity index (χ2n) is 8.52. The lowest BCUT2D eigenvalue weighted by molar-refractivity contribution is -0.146. The Kier molecular flexibility index (Phi) is 6.26. The van der Waals surface area contributed by atoms with Crippen LogP contribution in [0.4, 0.5) is 0 Å². The van der Waals surface area contributed by atoms with Crippen LogP contribution in [0.5, 0.6) is 5.75 Å². The molecule has 33 heavy (non-hydrogen) atoms. The van der Waals surface area contributed by atoms with Crippen LogP contribution in [-0.2, 0) is 20.7 Å². The average molecular weight is 449 g/mol. The second kappa shape index (κ2) is 9.62. The van der Waals surface area contributed by atoms with E-state index in [-0.39, 0.29) is 17.9 Å². The monoisotopic (exact) mass is 448 g/mol. The molecule has 8 nitrogen and oxygen atoms in total. The van der Waals surface area contributed by atoms with Gasteiger partial charge in [-0.15, -0.1) is 0 Å². The van der Waals surface area contributed by atoms with Crippen LogP contribution in [-0.4, -0.2) is 76.6 Å². The van der Waals surface area contributed by atoms with Gasteiger partial charge in [0, 0.05) is 49.2 Å². The molecule has 0 aliphatic carbocycles. The maximum absolute atomic E-state index is 13.3. The fourth-order valence-electron chi connectivity index (χ4n) is 4.72. The van der Waals surface area contributed by atoms with Crippen LogP contribution < -0.4 is 4.74 Å². The highest BCUT2D eigenvalue weighted by atomic mass is 16.5. The Balaban J connectivity index is 1.30. The lowest BCUT2D eigenvalue weighted by Gasteiger charge is -2.32. The van der Waals surface area contributed by atoms with Crippen LogP contribution in [0.25, 0.3) is 10.9 Å². The zero-order valence-electron chi connectivity index (χ0n) is 18.5. The lowest BCUT2D eigenvalue weighted by atomic mass is 10.1. The second-order valence-corrected chi connectivity index (χ2v) is 8.52. The van der Waals surface area contributed by atoms with Crippen LogP contribution in [0.2, 0.25) is 0 Å². The van der Waals surface area contributed by atoms with Crippen LogP contribution >= 0.6 is 0 Å². The number of pyridine rings is 1. The molecular formula is C25H28N4O4. The molecule has 2 aliphatic rings. The number of fused-ring (bicyclic) bond motifs is 1. The van der Waals surface area contributed by atoms with Gasteiger partial charge in [0.1, 0.15) is 17.9 Å². The molecule has 172 valence electrons. The van der Waals surface area contributed by atoms with Crippen molar-refractivity contribution in [1.82, 2.24) is 19.8 Å². The van der Waals surface area contributed by atoms with E-state index in [0.717, 1.165) is 16.5 Å². The normalized spacial score (nSPS) is 20.8. The summed E-state index contributed by atoms with van der Waals surface area (Å²) in [6.07, 6.45) is 6.49.